The molecule has 2 aromatic rings. The summed E-state index contributed by atoms with van der Waals surface area (Å²) in [7, 11) is 0. The van der Waals surface area contributed by atoms with Gasteiger partial charge in [-0.25, -0.2) is 0 Å². The maximum absolute atomic E-state index is 10.3. The van der Waals surface area contributed by atoms with Crippen LogP contribution in [-0.2, 0) is 12.8 Å². The monoisotopic (exact) mass is 300 g/mol. The average Bonchev–Trinajstić information content (AvgIpc) is 2.92. The second-order valence-corrected chi connectivity index (χ2v) is 5.85. The molecule has 1 aromatic heterocycles. The Morgan fingerprint density at radius 3 is 2.91 bits per heavy atom. The van der Waals surface area contributed by atoms with E-state index in [1.165, 1.54) is 24.1 Å². The third-order valence-electron chi connectivity index (χ3n) is 4.42. The Kier molecular flexibility index (Phi) is 4.34. The zero-order chi connectivity index (χ0) is 15.5. The molecule has 0 radical (unpaired) electrons. The van der Waals surface area contributed by atoms with Gasteiger partial charge < -0.3 is 15.2 Å². The summed E-state index contributed by atoms with van der Waals surface area (Å²) in [5.41, 5.74) is 12.7. The molecule has 116 valence electrons. The Balaban J connectivity index is 1.86. The van der Waals surface area contributed by atoms with E-state index < -0.39 is 12.2 Å². The topological polar surface area (TPSA) is 105 Å². The minimum atomic E-state index is -0.965. The molecule has 0 saturated carbocycles. The quantitative estimate of drug-likeness (QED) is 0.448. The van der Waals surface area contributed by atoms with Gasteiger partial charge in [0.2, 0.25) is 0 Å². The highest BCUT2D eigenvalue weighted by atomic mass is 16.3. The van der Waals surface area contributed by atoms with Gasteiger partial charge in [0.25, 0.3) is 0 Å². The Morgan fingerprint density at radius 2 is 2.09 bits per heavy atom. The molecule has 6 nitrogen and oxygen atoms in total. The molecule has 0 spiro atoms. The first-order chi connectivity index (χ1) is 10.7. The second-order valence-electron chi connectivity index (χ2n) is 5.85. The van der Waals surface area contributed by atoms with Crippen molar-refractivity contribution in [2.75, 3.05) is 6.54 Å². The summed E-state index contributed by atoms with van der Waals surface area (Å²) in [5.74, 6) is 0. The fraction of sp³-hybridized carbons (Fsp3) is 0.500. The Bertz CT molecular complexity index is 718. The zero-order valence-electron chi connectivity index (χ0n) is 12.4. The summed E-state index contributed by atoms with van der Waals surface area (Å²) in [6.45, 7) is 0.177. The van der Waals surface area contributed by atoms with Crippen LogP contribution in [0.4, 0.5) is 0 Å². The van der Waals surface area contributed by atoms with E-state index in [1.54, 1.807) is 0 Å². The van der Waals surface area contributed by atoms with Crippen LogP contribution in [0.15, 0.2) is 23.3 Å². The number of aromatic amines is 1. The summed E-state index contributed by atoms with van der Waals surface area (Å²) in [6.07, 6.45) is 2.90. The molecule has 0 fully saturated rings. The van der Waals surface area contributed by atoms with Crippen LogP contribution in [0.1, 0.15) is 42.2 Å². The van der Waals surface area contributed by atoms with E-state index >= 15 is 0 Å². The largest absolute Gasteiger partial charge is 0.390 e. The number of fused-ring (bicyclic) bond motifs is 3. The lowest BCUT2D eigenvalue weighted by Gasteiger charge is -2.18. The molecule has 2 atom stereocenters. The molecule has 1 aromatic carbocycles. The van der Waals surface area contributed by atoms with E-state index in [0.717, 1.165) is 23.7 Å². The molecule has 0 amide bonds. The van der Waals surface area contributed by atoms with E-state index in [4.69, 9.17) is 5.53 Å². The van der Waals surface area contributed by atoms with Gasteiger partial charge in [0, 0.05) is 28.1 Å². The summed E-state index contributed by atoms with van der Waals surface area (Å²) < 4.78 is 0. The number of H-pyrrole nitrogens is 1. The lowest BCUT2D eigenvalue weighted by atomic mass is 9.94. The van der Waals surface area contributed by atoms with E-state index in [1.807, 2.05) is 18.2 Å². The van der Waals surface area contributed by atoms with E-state index in [0.29, 0.717) is 5.56 Å². The van der Waals surface area contributed by atoms with Gasteiger partial charge in [0.15, 0.2) is 0 Å². The van der Waals surface area contributed by atoms with Crippen LogP contribution in [0, 0.1) is 0 Å². The number of aliphatic hydroxyl groups excluding tert-OH is 2. The van der Waals surface area contributed by atoms with Gasteiger partial charge in [-0.05, 0) is 60.9 Å². The lowest BCUT2D eigenvalue weighted by Crippen LogP contribution is -2.19. The molecule has 3 rings (SSSR count). The molecular weight excluding hydrogens is 280 g/mol. The van der Waals surface area contributed by atoms with Gasteiger partial charge in [-0.15, -0.1) is 0 Å². The number of nitrogens with one attached hydrogen (secondary N) is 1. The van der Waals surface area contributed by atoms with Crippen LogP contribution >= 0.6 is 0 Å². The van der Waals surface area contributed by atoms with Gasteiger partial charge in [-0.3, -0.25) is 0 Å². The zero-order valence-corrected chi connectivity index (χ0v) is 12.4. The first kappa shape index (κ1) is 14.9. The van der Waals surface area contributed by atoms with Gasteiger partial charge in [-0.1, -0.05) is 11.2 Å². The standard InChI is InChI=1S/C16H20N4O2/c17-20-18-8-7-15(21)16(22)10-5-6-14-12(9-10)11-3-1-2-4-13(11)19-14/h5-6,9,15-16,19,21-22H,1-4,7-8H2. The van der Waals surface area contributed by atoms with E-state index in [-0.39, 0.29) is 13.0 Å². The molecule has 2 unspecified atom stereocenters. The normalized spacial score (nSPS) is 16.8. The smallest absolute Gasteiger partial charge is 0.105 e. The number of aryl methyl sites for hydroxylation is 2. The van der Waals surface area contributed by atoms with Gasteiger partial charge in [0.05, 0.1) is 6.10 Å². The maximum Gasteiger partial charge on any atom is 0.105 e. The summed E-state index contributed by atoms with van der Waals surface area (Å²) in [4.78, 5) is 6.10. The number of benzene rings is 1. The van der Waals surface area contributed by atoms with Crippen molar-refractivity contribution < 1.29 is 10.2 Å². The lowest BCUT2D eigenvalue weighted by molar-refractivity contribution is 0.0151. The van der Waals surface area contributed by atoms with Crippen molar-refractivity contribution in [3.05, 3.63) is 45.5 Å². The predicted molar refractivity (Wildman–Crippen MR) is 84.5 cm³/mol. The third kappa shape index (κ3) is 2.81. The van der Waals surface area contributed by atoms with Crippen molar-refractivity contribution in [1.29, 1.82) is 0 Å². The molecule has 0 bridgehead atoms. The van der Waals surface area contributed by atoms with Crippen molar-refractivity contribution in [2.45, 2.75) is 44.3 Å². The third-order valence-corrected chi connectivity index (χ3v) is 4.42. The molecule has 1 heterocycles. The Hall–Kier alpha value is -2.01. The predicted octanol–water partition coefficient (Wildman–Crippen LogP) is 3.14. The van der Waals surface area contributed by atoms with Crippen molar-refractivity contribution in [2.24, 2.45) is 5.11 Å². The van der Waals surface area contributed by atoms with Crippen molar-refractivity contribution >= 4 is 10.9 Å². The van der Waals surface area contributed by atoms with Gasteiger partial charge >= 0.3 is 0 Å². The fourth-order valence-corrected chi connectivity index (χ4v) is 3.22. The SMILES string of the molecule is [N-]=[N+]=NCCC(O)C(O)c1ccc2[nH]c3c(c2c1)CCCC3. The fourth-order valence-electron chi connectivity index (χ4n) is 3.22. The summed E-state index contributed by atoms with van der Waals surface area (Å²) >= 11 is 0. The molecular formula is C16H20N4O2. The highest BCUT2D eigenvalue weighted by molar-refractivity contribution is 5.85. The number of rotatable bonds is 5. The highest BCUT2D eigenvalue weighted by Crippen LogP contribution is 2.31. The molecule has 22 heavy (non-hydrogen) atoms. The molecule has 1 aliphatic rings. The number of nitrogens with zero attached hydrogens (tertiary/aromatic N) is 3. The number of hydrogen-bond donors (Lipinski definition) is 3. The van der Waals surface area contributed by atoms with E-state index in [2.05, 4.69) is 15.0 Å². The first-order valence-electron chi connectivity index (χ1n) is 7.71. The van der Waals surface area contributed by atoms with Crippen molar-refractivity contribution in [3.63, 3.8) is 0 Å². The van der Waals surface area contributed by atoms with Crippen LogP contribution in [-0.4, -0.2) is 27.8 Å². The maximum atomic E-state index is 10.3. The highest BCUT2D eigenvalue weighted by Gasteiger charge is 2.20. The van der Waals surface area contributed by atoms with Crippen LogP contribution in [0.2, 0.25) is 0 Å². The second kappa shape index (κ2) is 6.40. The number of azide groups is 1. The minimum Gasteiger partial charge on any atom is -0.390 e. The Labute approximate surface area is 128 Å². The van der Waals surface area contributed by atoms with Crippen molar-refractivity contribution in [1.82, 2.24) is 4.98 Å². The molecule has 1 aliphatic carbocycles. The van der Waals surface area contributed by atoms with Gasteiger partial charge in [0.1, 0.15) is 6.10 Å². The van der Waals surface area contributed by atoms with Crippen molar-refractivity contribution in [3.8, 4) is 0 Å². The average molecular weight is 300 g/mol. The molecule has 3 N–H and O–H groups in total. The van der Waals surface area contributed by atoms with Crippen LogP contribution in [0.3, 0.4) is 0 Å². The first-order valence-corrected chi connectivity index (χ1v) is 7.71. The minimum absolute atomic E-state index is 0.177. The summed E-state index contributed by atoms with van der Waals surface area (Å²) in [5, 5.41) is 24.9. The van der Waals surface area contributed by atoms with E-state index in [9.17, 15) is 10.2 Å². The number of aromatic nitrogens is 1. The van der Waals surface area contributed by atoms with Crippen LogP contribution < -0.4 is 0 Å². The molecule has 6 heteroatoms. The Morgan fingerprint density at radius 1 is 1.27 bits per heavy atom. The molecule has 0 aliphatic heterocycles. The number of aliphatic hydroxyl groups is 2. The number of hydrogen-bond acceptors (Lipinski definition) is 3. The summed E-state index contributed by atoms with van der Waals surface area (Å²) in [6, 6.07) is 5.77. The molecule has 0 saturated heterocycles. The van der Waals surface area contributed by atoms with Gasteiger partial charge in [-0.2, -0.15) is 0 Å². The van der Waals surface area contributed by atoms with Crippen LogP contribution in [0.5, 0.6) is 0 Å². The van der Waals surface area contributed by atoms with Crippen LogP contribution in [0.25, 0.3) is 21.3 Å².